The van der Waals surface area contributed by atoms with Gasteiger partial charge in [-0.3, -0.25) is 0 Å². The number of aliphatic hydroxyl groups excluding tert-OH is 1. The lowest BCUT2D eigenvalue weighted by atomic mass is 10.1. The Hall–Kier alpha value is -1.39. The highest BCUT2D eigenvalue weighted by Crippen LogP contribution is 2.21. The van der Waals surface area contributed by atoms with Gasteiger partial charge in [0.2, 0.25) is 0 Å². The molecule has 1 aromatic heterocycles. The summed E-state index contributed by atoms with van der Waals surface area (Å²) in [6.07, 6.45) is 1.65. The number of hydrogen-bond acceptors (Lipinski definition) is 4. The average Bonchev–Trinajstić information content (AvgIpc) is 2.83. The molecule has 0 bridgehead atoms. The topological polar surface area (TPSA) is 42.4 Å². The average molecular weight is 291 g/mol. The highest BCUT2D eigenvalue weighted by atomic mass is 32.1. The molecule has 4 heteroatoms. The van der Waals surface area contributed by atoms with E-state index in [1.165, 1.54) is 5.56 Å². The van der Waals surface area contributed by atoms with Crippen LogP contribution in [0.1, 0.15) is 33.6 Å². The van der Waals surface area contributed by atoms with E-state index >= 15 is 0 Å². The third-order valence-electron chi connectivity index (χ3n) is 3.20. The maximum Gasteiger partial charge on any atom is 0.122 e. The lowest BCUT2D eigenvalue weighted by molar-refractivity contribution is 0.284. The number of aryl methyl sites for hydroxylation is 3. The van der Waals surface area contributed by atoms with Crippen LogP contribution in [0.4, 0.5) is 0 Å². The summed E-state index contributed by atoms with van der Waals surface area (Å²) in [4.78, 5) is 5.53. The zero-order valence-electron chi connectivity index (χ0n) is 12.3. The van der Waals surface area contributed by atoms with Gasteiger partial charge in [0.25, 0.3) is 0 Å². The molecule has 0 aliphatic rings. The minimum absolute atomic E-state index is 0.0821. The molecule has 0 fully saturated rings. The molecular weight excluding hydrogens is 270 g/mol. The first-order valence-electron chi connectivity index (χ1n) is 6.92. The number of thiazole rings is 1. The van der Waals surface area contributed by atoms with E-state index in [0.717, 1.165) is 39.7 Å². The minimum Gasteiger partial charge on any atom is -0.493 e. The van der Waals surface area contributed by atoms with Crippen LogP contribution in [-0.2, 0) is 19.4 Å². The quantitative estimate of drug-likeness (QED) is 0.886. The molecule has 20 heavy (non-hydrogen) atoms. The molecular formula is C16H21NO2S. The first-order chi connectivity index (χ1) is 9.63. The molecule has 108 valence electrons. The van der Waals surface area contributed by atoms with Crippen molar-refractivity contribution in [1.29, 1.82) is 0 Å². The summed E-state index contributed by atoms with van der Waals surface area (Å²) in [5.74, 6) is 0.935. The van der Waals surface area contributed by atoms with E-state index in [2.05, 4.69) is 37.9 Å². The van der Waals surface area contributed by atoms with Crippen LogP contribution < -0.4 is 4.74 Å². The van der Waals surface area contributed by atoms with Gasteiger partial charge >= 0.3 is 0 Å². The van der Waals surface area contributed by atoms with Gasteiger partial charge in [-0.25, -0.2) is 4.98 Å². The third kappa shape index (κ3) is 3.58. The molecule has 0 saturated heterocycles. The van der Waals surface area contributed by atoms with Crippen molar-refractivity contribution in [1.82, 2.24) is 4.98 Å². The van der Waals surface area contributed by atoms with Crippen molar-refractivity contribution >= 4 is 11.3 Å². The number of ether oxygens (including phenoxy) is 1. The summed E-state index contributed by atoms with van der Waals surface area (Å²) in [5.41, 5.74) is 3.42. The third-order valence-corrected chi connectivity index (χ3v) is 4.35. The summed E-state index contributed by atoms with van der Waals surface area (Å²) in [6.45, 7) is 6.90. The predicted octanol–water partition coefficient (Wildman–Crippen LogP) is 3.44. The normalized spacial score (nSPS) is 10.8. The standard InChI is InChI=1S/C16H21NO2S/c1-4-13-15(10-18)20-16(17-13)7-8-19-14-6-5-11(2)9-12(14)3/h5-6,9,18H,4,7-8,10H2,1-3H3. The Bertz CT molecular complexity index is 556. The number of benzene rings is 1. The molecule has 0 radical (unpaired) electrons. The van der Waals surface area contributed by atoms with Crippen LogP contribution in [0.5, 0.6) is 5.75 Å². The SMILES string of the molecule is CCc1nc(CCOc2ccc(C)cc2C)sc1CO. The van der Waals surface area contributed by atoms with Gasteiger partial charge in [0.1, 0.15) is 5.75 Å². The Morgan fingerprint density at radius 3 is 2.70 bits per heavy atom. The maximum absolute atomic E-state index is 9.27. The highest BCUT2D eigenvalue weighted by molar-refractivity contribution is 7.11. The fourth-order valence-electron chi connectivity index (χ4n) is 2.15. The summed E-state index contributed by atoms with van der Waals surface area (Å²) in [6, 6.07) is 6.20. The van der Waals surface area contributed by atoms with Gasteiger partial charge in [-0.1, -0.05) is 24.6 Å². The van der Waals surface area contributed by atoms with E-state index < -0.39 is 0 Å². The van der Waals surface area contributed by atoms with Crippen LogP contribution in [0.15, 0.2) is 18.2 Å². The summed E-state index contributed by atoms with van der Waals surface area (Å²) < 4.78 is 5.82. The molecule has 0 aliphatic carbocycles. The van der Waals surface area contributed by atoms with Gasteiger partial charge < -0.3 is 9.84 Å². The maximum atomic E-state index is 9.27. The largest absolute Gasteiger partial charge is 0.493 e. The smallest absolute Gasteiger partial charge is 0.122 e. The Kier molecular flexibility index (Phi) is 5.15. The van der Waals surface area contributed by atoms with E-state index in [1.807, 2.05) is 6.07 Å². The van der Waals surface area contributed by atoms with Crippen LogP contribution in [0.2, 0.25) is 0 Å². The van der Waals surface area contributed by atoms with Crippen LogP contribution in [0, 0.1) is 13.8 Å². The molecule has 1 aromatic carbocycles. The molecule has 0 unspecified atom stereocenters. The fraction of sp³-hybridized carbons (Fsp3) is 0.438. The second kappa shape index (κ2) is 6.86. The molecule has 2 rings (SSSR count). The lowest BCUT2D eigenvalue weighted by Crippen LogP contribution is -2.02. The monoisotopic (exact) mass is 291 g/mol. The first kappa shape index (κ1) is 15.0. The van der Waals surface area contributed by atoms with E-state index in [4.69, 9.17) is 4.74 Å². The van der Waals surface area contributed by atoms with Crippen LogP contribution in [0.25, 0.3) is 0 Å². The highest BCUT2D eigenvalue weighted by Gasteiger charge is 2.09. The molecule has 1 N–H and O–H groups in total. The molecule has 0 atom stereocenters. The number of nitrogens with zero attached hydrogens (tertiary/aromatic N) is 1. The van der Waals surface area contributed by atoms with Crippen molar-refractivity contribution in [3.05, 3.63) is 44.9 Å². The van der Waals surface area contributed by atoms with E-state index in [-0.39, 0.29) is 6.61 Å². The Balaban J connectivity index is 1.94. The van der Waals surface area contributed by atoms with Crippen molar-refractivity contribution in [3.8, 4) is 5.75 Å². The summed E-state index contributed by atoms with van der Waals surface area (Å²) in [7, 11) is 0. The van der Waals surface area contributed by atoms with Gasteiger partial charge in [-0.2, -0.15) is 0 Å². The molecule has 2 aromatic rings. The summed E-state index contributed by atoms with van der Waals surface area (Å²) >= 11 is 1.58. The zero-order chi connectivity index (χ0) is 14.5. The van der Waals surface area contributed by atoms with Crippen molar-refractivity contribution in [3.63, 3.8) is 0 Å². The molecule has 0 amide bonds. The van der Waals surface area contributed by atoms with E-state index in [1.54, 1.807) is 11.3 Å². The van der Waals surface area contributed by atoms with Crippen molar-refractivity contribution in [2.75, 3.05) is 6.61 Å². The Labute approximate surface area is 124 Å². The molecule has 0 spiro atoms. The molecule has 1 heterocycles. The van der Waals surface area contributed by atoms with Crippen molar-refractivity contribution < 1.29 is 9.84 Å². The molecule has 0 saturated carbocycles. The van der Waals surface area contributed by atoms with Crippen LogP contribution in [0.3, 0.4) is 0 Å². The van der Waals surface area contributed by atoms with Gasteiger partial charge in [0, 0.05) is 6.42 Å². The predicted molar refractivity (Wildman–Crippen MR) is 82.5 cm³/mol. The zero-order valence-corrected chi connectivity index (χ0v) is 13.1. The summed E-state index contributed by atoms with van der Waals surface area (Å²) in [5, 5.41) is 10.3. The Morgan fingerprint density at radius 2 is 2.10 bits per heavy atom. The first-order valence-corrected chi connectivity index (χ1v) is 7.74. The van der Waals surface area contributed by atoms with Gasteiger partial charge in [0.15, 0.2) is 0 Å². The second-order valence-corrected chi connectivity index (χ2v) is 6.02. The van der Waals surface area contributed by atoms with Crippen LogP contribution in [-0.4, -0.2) is 16.7 Å². The van der Waals surface area contributed by atoms with Crippen molar-refractivity contribution in [2.45, 2.75) is 40.2 Å². The minimum atomic E-state index is 0.0821. The molecule has 3 nitrogen and oxygen atoms in total. The number of aromatic nitrogens is 1. The number of rotatable bonds is 6. The fourth-order valence-corrected chi connectivity index (χ4v) is 3.15. The Morgan fingerprint density at radius 1 is 1.30 bits per heavy atom. The number of aliphatic hydroxyl groups is 1. The molecule has 0 aliphatic heterocycles. The van der Waals surface area contributed by atoms with Gasteiger partial charge in [0.05, 0.1) is 28.8 Å². The van der Waals surface area contributed by atoms with Gasteiger partial charge in [-0.15, -0.1) is 11.3 Å². The number of hydrogen-bond donors (Lipinski definition) is 1. The lowest BCUT2D eigenvalue weighted by Gasteiger charge is -2.08. The van der Waals surface area contributed by atoms with E-state index in [9.17, 15) is 5.11 Å². The van der Waals surface area contributed by atoms with Gasteiger partial charge in [-0.05, 0) is 31.9 Å². The van der Waals surface area contributed by atoms with Crippen molar-refractivity contribution in [2.24, 2.45) is 0 Å². The second-order valence-electron chi connectivity index (χ2n) is 4.86. The van der Waals surface area contributed by atoms with Crippen LogP contribution >= 0.6 is 11.3 Å². The van der Waals surface area contributed by atoms with E-state index in [0.29, 0.717) is 6.61 Å².